The Hall–Kier alpha value is -2.31. The van der Waals surface area contributed by atoms with E-state index in [-0.39, 0.29) is 16.8 Å². The van der Waals surface area contributed by atoms with E-state index >= 15 is 0 Å². The first-order valence-electron chi connectivity index (χ1n) is 4.01. The number of aromatic nitrogens is 3. The summed E-state index contributed by atoms with van der Waals surface area (Å²) in [6.45, 7) is 0. The fourth-order valence-corrected chi connectivity index (χ4v) is 1.39. The molecule has 2 heterocycles. The maximum Gasteiger partial charge on any atom is 0.356 e. The quantitative estimate of drug-likeness (QED) is 0.643. The molecule has 0 aliphatic heterocycles. The molecule has 2 aromatic heterocycles. The topological polar surface area (TPSA) is 108 Å². The number of hydrogen-bond acceptors (Lipinski definition) is 4. The fourth-order valence-electron chi connectivity index (χ4n) is 1.39. The molecule has 3 N–H and O–H groups in total. The van der Waals surface area contributed by atoms with Crippen LogP contribution < -0.4 is 10.3 Å². The summed E-state index contributed by atoms with van der Waals surface area (Å²) >= 11 is 0. The van der Waals surface area contributed by atoms with E-state index < -0.39 is 11.5 Å². The molecule has 0 amide bonds. The minimum Gasteiger partial charge on any atom is -0.493 e. The number of H-pyrrole nitrogens is 2. The number of rotatable bonds is 2. The molecule has 15 heavy (non-hydrogen) atoms. The summed E-state index contributed by atoms with van der Waals surface area (Å²) in [6, 6.07) is 0. The molecule has 0 aliphatic carbocycles. The highest BCUT2D eigenvalue weighted by Gasteiger charge is 2.19. The van der Waals surface area contributed by atoms with Gasteiger partial charge in [-0.1, -0.05) is 0 Å². The van der Waals surface area contributed by atoms with Gasteiger partial charge in [-0.25, -0.2) is 9.89 Å². The molecule has 0 aliphatic rings. The maximum absolute atomic E-state index is 11.4. The first kappa shape index (κ1) is 9.25. The molecular weight excluding hydrogens is 202 g/mol. The number of ether oxygens (including phenoxy) is 1. The van der Waals surface area contributed by atoms with Gasteiger partial charge < -0.3 is 14.8 Å². The van der Waals surface area contributed by atoms with Gasteiger partial charge in [0.1, 0.15) is 5.39 Å². The van der Waals surface area contributed by atoms with Crippen LogP contribution in [0.2, 0.25) is 0 Å². The molecule has 7 nitrogen and oxygen atoms in total. The summed E-state index contributed by atoms with van der Waals surface area (Å²) in [5, 5.41) is 14.7. The lowest BCUT2D eigenvalue weighted by molar-refractivity contribution is 0.0688. The van der Waals surface area contributed by atoms with E-state index in [2.05, 4.69) is 15.2 Å². The van der Waals surface area contributed by atoms with Crippen LogP contribution in [-0.2, 0) is 0 Å². The normalized spacial score (nSPS) is 10.5. The van der Waals surface area contributed by atoms with Crippen LogP contribution in [0.3, 0.4) is 0 Å². The van der Waals surface area contributed by atoms with Crippen LogP contribution in [0.25, 0.3) is 10.9 Å². The standard InChI is InChI=1S/C8H7N3O4/c1-15-6-4-3(2-9-11-7(4)12)10-5(6)8(13)14/h2,10H,1H3,(H,11,12)(H,13,14). The third kappa shape index (κ3) is 1.25. The Labute approximate surface area is 82.7 Å². The van der Waals surface area contributed by atoms with Gasteiger partial charge >= 0.3 is 5.97 Å². The molecule has 0 saturated carbocycles. The molecule has 0 bridgehead atoms. The predicted octanol–water partition coefficient (Wildman–Crippen LogP) is -0.0420. The second-order valence-electron chi connectivity index (χ2n) is 2.83. The number of nitrogens with one attached hydrogen (secondary N) is 2. The van der Waals surface area contributed by atoms with Gasteiger partial charge in [0.25, 0.3) is 5.56 Å². The summed E-state index contributed by atoms with van der Waals surface area (Å²) in [5.74, 6) is -1.18. The highest BCUT2D eigenvalue weighted by Crippen LogP contribution is 2.25. The zero-order chi connectivity index (χ0) is 11.0. The van der Waals surface area contributed by atoms with Crippen molar-refractivity contribution in [3.8, 4) is 5.75 Å². The molecule has 2 aromatic rings. The third-order valence-corrected chi connectivity index (χ3v) is 1.99. The smallest absolute Gasteiger partial charge is 0.356 e. The number of carboxylic acid groups (broad SMARTS) is 1. The van der Waals surface area contributed by atoms with Gasteiger partial charge in [0.15, 0.2) is 11.4 Å². The van der Waals surface area contributed by atoms with Crippen molar-refractivity contribution in [1.82, 2.24) is 15.2 Å². The summed E-state index contributed by atoms with van der Waals surface area (Å²) in [5.41, 5.74) is -0.327. The van der Waals surface area contributed by atoms with E-state index in [0.717, 1.165) is 0 Å². The van der Waals surface area contributed by atoms with Crippen LogP contribution in [0, 0.1) is 0 Å². The second kappa shape index (κ2) is 3.12. The summed E-state index contributed by atoms with van der Waals surface area (Å²) in [6.07, 6.45) is 1.33. The molecule has 0 saturated heterocycles. The van der Waals surface area contributed by atoms with Gasteiger partial charge in [-0.2, -0.15) is 5.10 Å². The zero-order valence-electron chi connectivity index (χ0n) is 7.70. The van der Waals surface area contributed by atoms with Gasteiger partial charge in [-0.05, 0) is 0 Å². The van der Waals surface area contributed by atoms with Gasteiger partial charge in [0, 0.05) is 0 Å². The highest BCUT2D eigenvalue weighted by molar-refractivity contribution is 5.99. The molecule has 2 rings (SSSR count). The number of aromatic amines is 2. The van der Waals surface area contributed by atoms with E-state index in [4.69, 9.17) is 9.84 Å². The lowest BCUT2D eigenvalue weighted by Gasteiger charge is -1.96. The number of nitrogens with zero attached hydrogens (tertiary/aromatic N) is 1. The SMILES string of the molecule is COc1c(C(=O)O)[nH]c2cn[nH]c(=O)c12. The Balaban J connectivity index is 2.92. The molecule has 7 heteroatoms. The Bertz CT molecular complexity index is 583. The van der Waals surface area contributed by atoms with E-state index in [1.54, 1.807) is 0 Å². The van der Waals surface area contributed by atoms with Crippen LogP contribution in [0.1, 0.15) is 10.5 Å². The maximum atomic E-state index is 11.4. The average Bonchev–Trinajstić information content (AvgIpc) is 2.57. The number of aromatic carboxylic acids is 1. The molecule has 78 valence electrons. The predicted molar refractivity (Wildman–Crippen MR) is 50.2 cm³/mol. The van der Waals surface area contributed by atoms with E-state index in [1.165, 1.54) is 13.3 Å². The Morgan fingerprint density at radius 1 is 1.60 bits per heavy atom. The number of fused-ring (bicyclic) bond motifs is 1. The first-order chi connectivity index (χ1) is 7.15. The number of methoxy groups -OCH3 is 1. The summed E-state index contributed by atoms with van der Waals surface area (Å²) in [7, 11) is 1.30. The molecular formula is C8H7N3O4. The molecule has 0 fully saturated rings. The molecule has 0 aromatic carbocycles. The van der Waals surface area contributed by atoms with Gasteiger partial charge in [0.05, 0.1) is 18.8 Å². The van der Waals surface area contributed by atoms with Gasteiger partial charge in [-0.3, -0.25) is 4.79 Å². The van der Waals surface area contributed by atoms with Crippen LogP contribution in [0.4, 0.5) is 0 Å². The molecule has 0 spiro atoms. The lowest BCUT2D eigenvalue weighted by Crippen LogP contribution is -2.07. The largest absolute Gasteiger partial charge is 0.493 e. The van der Waals surface area contributed by atoms with Crippen molar-refractivity contribution in [2.75, 3.05) is 7.11 Å². The minimum atomic E-state index is -1.19. The first-order valence-corrected chi connectivity index (χ1v) is 4.01. The molecule has 0 radical (unpaired) electrons. The van der Waals surface area contributed by atoms with Gasteiger partial charge in [0.2, 0.25) is 0 Å². The van der Waals surface area contributed by atoms with Crippen molar-refractivity contribution in [2.24, 2.45) is 0 Å². The monoisotopic (exact) mass is 209 g/mol. The Morgan fingerprint density at radius 2 is 2.33 bits per heavy atom. The lowest BCUT2D eigenvalue weighted by atomic mass is 10.3. The summed E-state index contributed by atoms with van der Waals surface area (Å²) < 4.78 is 4.88. The Morgan fingerprint density at radius 3 is 2.93 bits per heavy atom. The zero-order valence-corrected chi connectivity index (χ0v) is 7.70. The van der Waals surface area contributed by atoms with E-state index in [0.29, 0.717) is 5.52 Å². The van der Waals surface area contributed by atoms with Crippen LogP contribution in [-0.4, -0.2) is 33.4 Å². The fraction of sp³-hybridized carbons (Fsp3) is 0.125. The average molecular weight is 209 g/mol. The Kier molecular flexibility index (Phi) is 1.93. The van der Waals surface area contributed by atoms with Crippen molar-refractivity contribution in [3.05, 3.63) is 22.2 Å². The number of carbonyl (C=O) groups is 1. The van der Waals surface area contributed by atoms with Crippen molar-refractivity contribution >= 4 is 16.9 Å². The van der Waals surface area contributed by atoms with Crippen molar-refractivity contribution in [2.45, 2.75) is 0 Å². The van der Waals surface area contributed by atoms with E-state index in [1.807, 2.05) is 0 Å². The van der Waals surface area contributed by atoms with Crippen molar-refractivity contribution < 1.29 is 14.6 Å². The van der Waals surface area contributed by atoms with Crippen LogP contribution in [0.5, 0.6) is 5.75 Å². The summed E-state index contributed by atoms with van der Waals surface area (Å²) in [4.78, 5) is 24.7. The third-order valence-electron chi connectivity index (χ3n) is 1.99. The van der Waals surface area contributed by atoms with Crippen molar-refractivity contribution in [3.63, 3.8) is 0 Å². The van der Waals surface area contributed by atoms with Crippen LogP contribution in [0.15, 0.2) is 11.0 Å². The minimum absolute atomic E-state index is 0.0150. The molecule has 0 atom stereocenters. The second-order valence-corrected chi connectivity index (χ2v) is 2.83. The van der Waals surface area contributed by atoms with Crippen LogP contribution >= 0.6 is 0 Å². The number of carboxylic acids is 1. The number of hydrogen-bond donors (Lipinski definition) is 3. The van der Waals surface area contributed by atoms with E-state index in [9.17, 15) is 9.59 Å². The highest BCUT2D eigenvalue weighted by atomic mass is 16.5. The van der Waals surface area contributed by atoms with Crippen molar-refractivity contribution in [1.29, 1.82) is 0 Å². The van der Waals surface area contributed by atoms with Gasteiger partial charge in [-0.15, -0.1) is 0 Å². The molecule has 0 unspecified atom stereocenters.